The summed E-state index contributed by atoms with van der Waals surface area (Å²) in [5.74, 6) is -0.434. The van der Waals surface area contributed by atoms with Gasteiger partial charge in [-0.2, -0.15) is 0 Å². The number of aliphatic hydroxyl groups excluding tert-OH is 1. The summed E-state index contributed by atoms with van der Waals surface area (Å²) >= 11 is 0. The van der Waals surface area contributed by atoms with Crippen LogP contribution >= 0.6 is 0 Å². The number of nitrogens with two attached hydrogens (primary N) is 2. The van der Waals surface area contributed by atoms with Crippen LogP contribution in [0, 0.1) is 0 Å². The molecular weight excluding hydrogens is 466 g/mol. The summed E-state index contributed by atoms with van der Waals surface area (Å²) in [4.78, 5) is 22.1. The lowest BCUT2D eigenvalue weighted by Gasteiger charge is -2.08. The Hall–Kier alpha value is -3.44. The maximum Gasteiger partial charge on any atom is 0.210 e. The molecule has 1 heterocycles. The van der Waals surface area contributed by atoms with Crippen LogP contribution in [0.3, 0.4) is 0 Å². The van der Waals surface area contributed by atoms with E-state index in [1.165, 1.54) is 12.3 Å². The fraction of sp³-hybridized carbons (Fsp3) is 0.240. The van der Waals surface area contributed by atoms with E-state index in [9.17, 15) is 9.00 Å². The molecule has 1 unspecified atom stereocenters. The van der Waals surface area contributed by atoms with Crippen molar-refractivity contribution in [1.29, 1.82) is 0 Å². The zero-order valence-electron chi connectivity index (χ0n) is 19.7. The Morgan fingerprint density at radius 2 is 1.83 bits per heavy atom. The van der Waals surface area contributed by atoms with E-state index in [2.05, 4.69) is 15.3 Å². The molecule has 10 heteroatoms. The topological polar surface area (TPSA) is 176 Å². The van der Waals surface area contributed by atoms with Crippen LogP contribution in [0.1, 0.15) is 38.3 Å². The van der Waals surface area contributed by atoms with Gasteiger partial charge in [0.15, 0.2) is 11.5 Å². The number of hydrogen-bond donors (Lipinski definition) is 4. The number of rotatable bonds is 10. The zero-order chi connectivity index (χ0) is 24.7. The van der Waals surface area contributed by atoms with Crippen LogP contribution in [0.4, 0.5) is 5.82 Å². The molecule has 0 aliphatic carbocycles. The number of nitrogens with zero attached hydrogens (tertiary/aromatic N) is 2. The Balaban J connectivity index is 0.00000432. The van der Waals surface area contributed by atoms with Crippen molar-refractivity contribution in [2.45, 2.75) is 30.5 Å². The molecule has 0 aliphatic heterocycles. The van der Waals surface area contributed by atoms with Crippen LogP contribution in [0.2, 0.25) is 0 Å². The summed E-state index contributed by atoms with van der Waals surface area (Å²) in [5.41, 5.74) is 15.3. The van der Waals surface area contributed by atoms with Gasteiger partial charge in [-0.05, 0) is 23.3 Å². The number of nitrogens with one attached hydrogen (secondary N) is 1. The van der Waals surface area contributed by atoms with E-state index in [1.807, 2.05) is 38.1 Å². The smallest absolute Gasteiger partial charge is 0.210 e. The fourth-order valence-corrected chi connectivity index (χ4v) is 4.12. The van der Waals surface area contributed by atoms with Crippen LogP contribution in [-0.2, 0) is 17.3 Å². The molecule has 3 aromatic rings. The van der Waals surface area contributed by atoms with Crippen LogP contribution in [0.15, 0.2) is 65.7 Å². The van der Waals surface area contributed by atoms with Crippen LogP contribution in [-0.4, -0.2) is 48.9 Å². The van der Waals surface area contributed by atoms with Crippen molar-refractivity contribution in [2.75, 3.05) is 18.9 Å². The highest BCUT2D eigenvalue weighted by Crippen LogP contribution is 2.22. The average Bonchev–Trinajstić information content (AvgIpc) is 2.84. The summed E-state index contributed by atoms with van der Waals surface area (Å²) < 4.78 is 12.3. The van der Waals surface area contributed by atoms with Crippen molar-refractivity contribution >= 4 is 28.1 Å². The number of nitrogen functional groups attached to an aromatic ring is 1. The summed E-state index contributed by atoms with van der Waals surface area (Å²) in [5, 5.41) is 12.0. The first-order chi connectivity index (χ1) is 16.3. The van der Waals surface area contributed by atoms with E-state index in [-0.39, 0.29) is 37.4 Å². The van der Waals surface area contributed by atoms with E-state index in [0.717, 1.165) is 16.0 Å². The van der Waals surface area contributed by atoms with E-state index in [0.29, 0.717) is 24.3 Å². The summed E-state index contributed by atoms with van der Waals surface area (Å²) in [6, 6.07) is 14.6. The molecule has 9 nitrogen and oxygen atoms in total. The van der Waals surface area contributed by atoms with Crippen LogP contribution in [0.5, 0.6) is 0 Å². The minimum absolute atomic E-state index is 0. The largest absolute Gasteiger partial charge is 0.412 e. The summed E-state index contributed by atoms with van der Waals surface area (Å²) in [6.45, 7) is 5.01. The maximum absolute atomic E-state index is 12.9. The molecule has 0 saturated heterocycles. The Morgan fingerprint density at radius 1 is 1.17 bits per heavy atom. The first kappa shape index (κ1) is 27.8. The second-order valence-electron chi connectivity index (χ2n) is 7.92. The maximum atomic E-state index is 12.9. The first-order valence-electron chi connectivity index (χ1n) is 10.9. The molecule has 0 aliphatic rings. The molecule has 8 N–H and O–H groups in total. The molecule has 0 bridgehead atoms. The third kappa shape index (κ3) is 7.27. The van der Waals surface area contributed by atoms with Gasteiger partial charge >= 0.3 is 0 Å². The molecule has 0 spiro atoms. The normalized spacial score (nSPS) is 12.3. The monoisotopic (exact) mass is 501 g/mol. The average molecular weight is 502 g/mol. The lowest BCUT2D eigenvalue weighted by molar-refractivity contribution is 0.104. The van der Waals surface area contributed by atoms with Gasteiger partial charge in [0.2, 0.25) is 5.78 Å². The molecular formula is C25H35N5O4S. The third-order valence-electron chi connectivity index (χ3n) is 5.04. The van der Waals surface area contributed by atoms with Gasteiger partial charge in [-0.3, -0.25) is 9.00 Å². The molecule has 1 aromatic heterocycles. The van der Waals surface area contributed by atoms with Crippen molar-refractivity contribution < 1.29 is 22.4 Å². The van der Waals surface area contributed by atoms with Gasteiger partial charge in [0, 0.05) is 43.4 Å². The van der Waals surface area contributed by atoms with Crippen molar-refractivity contribution in [2.24, 2.45) is 5.73 Å². The number of carbonyl (C=O) groups excluding carboxylic acids is 1. The second-order valence-corrected chi connectivity index (χ2v) is 9.93. The predicted octanol–water partition coefficient (Wildman–Crippen LogP) is 2.17. The lowest BCUT2D eigenvalue weighted by Crippen LogP contribution is -2.17. The Bertz CT molecular complexity index is 1210. The summed E-state index contributed by atoms with van der Waals surface area (Å²) in [6.07, 6.45) is 2.79. The molecule has 190 valence electrons. The minimum Gasteiger partial charge on any atom is -0.412 e. The van der Waals surface area contributed by atoms with Gasteiger partial charge in [-0.15, -0.1) is 0 Å². The van der Waals surface area contributed by atoms with Gasteiger partial charge in [-0.25, -0.2) is 9.97 Å². The minimum atomic E-state index is -1.09. The fourth-order valence-electron chi connectivity index (χ4n) is 3.17. The predicted molar refractivity (Wildman–Crippen MR) is 143 cm³/mol. The highest BCUT2D eigenvalue weighted by molar-refractivity contribution is 7.85. The third-order valence-corrected chi connectivity index (χ3v) is 6.63. The molecule has 0 saturated carbocycles. The Kier molecular flexibility index (Phi) is 10.2. The number of hydrogen-bond acceptors (Lipinski definition) is 8. The van der Waals surface area contributed by atoms with E-state index in [1.54, 1.807) is 24.3 Å². The molecule has 2 aromatic carbocycles. The van der Waals surface area contributed by atoms with E-state index >= 15 is 0 Å². The number of allylic oxidation sites excluding steroid dienone is 1. The standard InChI is InChI=1S/C25H29N5O3S.H2O.2H2/c1-16(2)34(33)20-9-7-19(8-10-20)22-15-29-25(27)24(30-22)23(32)13-21(26)18-5-3-17(4-6-18)14-28-11-12-31;;;/h3-10,13,15-16,28,31H,11-12,14,26H2,1-2H3,(H2,27,29);1H2;2*1H. The van der Waals surface area contributed by atoms with Crippen molar-refractivity contribution in [1.82, 2.24) is 15.3 Å². The summed E-state index contributed by atoms with van der Waals surface area (Å²) in [7, 11) is -1.09. The molecule has 0 fully saturated rings. The number of aliphatic hydroxyl groups is 1. The Labute approximate surface area is 210 Å². The molecule has 3 rings (SSSR count). The van der Waals surface area contributed by atoms with Crippen LogP contribution in [0.25, 0.3) is 17.0 Å². The quantitative estimate of drug-likeness (QED) is 0.186. The number of aromatic nitrogens is 2. The van der Waals surface area contributed by atoms with Gasteiger partial charge < -0.3 is 27.4 Å². The SMILES string of the molecule is CC(C)S(=O)c1ccc(-c2cnc(N)c(C(=O)C=C(N)c3ccc(CNCCO)cc3)n2)cc1.O.[HH].[HH]. The number of anilines is 1. The highest BCUT2D eigenvalue weighted by Gasteiger charge is 2.15. The van der Waals surface area contributed by atoms with Crippen LogP contribution < -0.4 is 16.8 Å². The molecule has 1 atom stereocenters. The molecule has 0 amide bonds. The van der Waals surface area contributed by atoms with Gasteiger partial charge in [0.25, 0.3) is 0 Å². The van der Waals surface area contributed by atoms with E-state index < -0.39 is 16.6 Å². The first-order valence-corrected chi connectivity index (χ1v) is 12.1. The number of ketones is 1. The lowest BCUT2D eigenvalue weighted by atomic mass is 10.1. The van der Waals surface area contributed by atoms with Crippen molar-refractivity contribution in [3.05, 3.63) is 77.6 Å². The van der Waals surface area contributed by atoms with Crippen molar-refractivity contribution in [3.63, 3.8) is 0 Å². The molecule has 35 heavy (non-hydrogen) atoms. The number of carbonyl (C=O) groups is 1. The van der Waals surface area contributed by atoms with Gasteiger partial charge in [0.05, 0.1) is 29.3 Å². The van der Waals surface area contributed by atoms with Crippen molar-refractivity contribution in [3.8, 4) is 11.3 Å². The number of benzene rings is 2. The van der Waals surface area contributed by atoms with E-state index in [4.69, 9.17) is 16.6 Å². The second kappa shape index (κ2) is 12.9. The molecule has 0 radical (unpaired) electrons. The Morgan fingerprint density at radius 3 is 2.43 bits per heavy atom. The highest BCUT2D eigenvalue weighted by atomic mass is 32.2. The van der Waals surface area contributed by atoms with Gasteiger partial charge in [-0.1, -0.05) is 50.2 Å². The van der Waals surface area contributed by atoms with Gasteiger partial charge in [0.1, 0.15) is 0 Å². The zero-order valence-corrected chi connectivity index (χ0v) is 20.5.